The fraction of sp³-hybridized carbons (Fsp3) is 0.0833. The third-order valence-electron chi connectivity index (χ3n) is 2.64. The molecule has 0 spiro atoms. The molecule has 0 bridgehead atoms. The van der Waals surface area contributed by atoms with Crippen molar-refractivity contribution in [2.45, 2.75) is 6.92 Å². The van der Waals surface area contributed by atoms with Gasteiger partial charge in [0.25, 0.3) is 11.6 Å². The summed E-state index contributed by atoms with van der Waals surface area (Å²) in [5, 5.41) is 22.2. The van der Waals surface area contributed by atoms with Crippen LogP contribution in [0.15, 0.2) is 23.7 Å². The molecule has 1 aromatic heterocycles. The van der Waals surface area contributed by atoms with E-state index in [2.05, 4.69) is 10.3 Å². The summed E-state index contributed by atoms with van der Waals surface area (Å²) >= 11 is 1.11. The molecule has 0 unspecified atom stereocenters. The minimum atomic E-state index is -1.28. The molecule has 0 atom stereocenters. The monoisotopic (exact) mass is 307 g/mol. The summed E-state index contributed by atoms with van der Waals surface area (Å²) in [6.07, 6.45) is 0. The number of nitrogens with zero attached hydrogens (tertiary/aromatic N) is 2. The number of anilines is 1. The number of amides is 1. The van der Waals surface area contributed by atoms with Crippen LogP contribution in [-0.2, 0) is 0 Å². The molecule has 8 nitrogen and oxygen atoms in total. The first-order valence-corrected chi connectivity index (χ1v) is 6.51. The van der Waals surface area contributed by atoms with E-state index in [4.69, 9.17) is 5.11 Å². The number of carboxylic acids is 1. The van der Waals surface area contributed by atoms with Crippen molar-refractivity contribution in [3.63, 3.8) is 0 Å². The molecule has 0 saturated carbocycles. The number of benzene rings is 1. The van der Waals surface area contributed by atoms with Gasteiger partial charge < -0.3 is 10.4 Å². The first kappa shape index (κ1) is 14.6. The molecule has 0 aliphatic rings. The Balaban J connectivity index is 2.36. The fourth-order valence-electron chi connectivity index (χ4n) is 1.62. The molecular formula is C12H9N3O5S. The molecule has 2 aromatic rings. The van der Waals surface area contributed by atoms with E-state index in [1.165, 1.54) is 17.6 Å². The number of carbonyl (C=O) groups excluding carboxylic acids is 1. The van der Waals surface area contributed by atoms with Gasteiger partial charge in [-0.3, -0.25) is 14.9 Å². The van der Waals surface area contributed by atoms with Gasteiger partial charge in [0.15, 0.2) is 0 Å². The second kappa shape index (κ2) is 5.67. The van der Waals surface area contributed by atoms with E-state index < -0.39 is 22.5 Å². The Bertz CT molecular complexity index is 740. The van der Waals surface area contributed by atoms with Crippen LogP contribution in [-0.4, -0.2) is 26.9 Å². The number of carboxylic acid groups (broad SMARTS) is 1. The predicted molar refractivity (Wildman–Crippen MR) is 74.9 cm³/mol. The van der Waals surface area contributed by atoms with Gasteiger partial charge in [-0.15, -0.1) is 11.3 Å². The molecule has 0 aliphatic heterocycles. The standard InChI is InChI=1S/C12H9N3O5S/c1-6-10(21-5-13-6)11(16)14-8-3-2-7(12(17)18)4-9(8)15(19)20/h2-5H,1H3,(H,14,16)(H,17,18). The summed E-state index contributed by atoms with van der Waals surface area (Å²) in [6.45, 7) is 1.65. The Kier molecular flexibility index (Phi) is 3.94. The minimum absolute atomic E-state index is 0.0669. The molecule has 21 heavy (non-hydrogen) atoms. The van der Waals surface area contributed by atoms with Gasteiger partial charge in [-0.25, -0.2) is 9.78 Å². The number of hydrogen-bond acceptors (Lipinski definition) is 6. The second-order valence-electron chi connectivity index (χ2n) is 4.02. The molecule has 1 amide bonds. The average molecular weight is 307 g/mol. The van der Waals surface area contributed by atoms with Crippen molar-refractivity contribution in [2.75, 3.05) is 5.32 Å². The van der Waals surface area contributed by atoms with Gasteiger partial charge >= 0.3 is 5.97 Å². The smallest absolute Gasteiger partial charge is 0.335 e. The highest BCUT2D eigenvalue weighted by Crippen LogP contribution is 2.27. The first-order chi connectivity index (χ1) is 9.90. The van der Waals surface area contributed by atoms with Crippen LogP contribution in [0.4, 0.5) is 11.4 Å². The van der Waals surface area contributed by atoms with E-state index in [1.807, 2.05) is 0 Å². The van der Waals surface area contributed by atoms with Gasteiger partial charge in [0.2, 0.25) is 0 Å². The summed E-state index contributed by atoms with van der Waals surface area (Å²) in [5.74, 6) is -1.81. The van der Waals surface area contributed by atoms with Crippen molar-refractivity contribution < 1.29 is 19.6 Å². The summed E-state index contributed by atoms with van der Waals surface area (Å²) in [5.41, 5.74) is 1.23. The van der Waals surface area contributed by atoms with Crippen molar-refractivity contribution in [3.8, 4) is 0 Å². The highest BCUT2D eigenvalue weighted by Gasteiger charge is 2.20. The second-order valence-corrected chi connectivity index (χ2v) is 4.87. The molecule has 9 heteroatoms. The van der Waals surface area contributed by atoms with E-state index >= 15 is 0 Å². The maximum absolute atomic E-state index is 12.0. The fourth-order valence-corrected chi connectivity index (χ4v) is 2.32. The number of nitro groups is 1. The molecule has 1 heterocycles. The van der Waals surface area contributed by atoms with Gasteiger partial charge in [0.05, 0.1) is 21.7 Å². The van der Waals surface area contributed by atoms with Crippen LogP contribution in [0.3, 0.4) is 0 Å². The molecule has 0 saturated heterocycles. The normalized spacial score (nSPS) is 10.1. The molecular weight excluding hydrogens is 298 g/mol. The Hall–Kier alpha value is -2.81. The molecule has 0 aliphatic carbocycles. The maximum atomic E-state index is 12.0. The van der Waals surface area contributed by atoms with E-state index in [9.17, 15) is 19.7 Å². The number of thiazole rings is 1. The first-order valence-electron chi connectivity index (χ1n) is 5.63. The third-order valence-corrected chi connectivity index (χ3v) is 3.57. The zero-order chi connectivity index (χ0) is 15.6. The van der Waals surface area contributed by atoms with Crippen LogP contribution >= 0.6 is 11.3 Å². The van der Waals surface area contributed by atoms with Crippen LogP contribution in [0.5, 0.6) is 0 Å². The lowest BCUT2D eigenvalue weighted by Crippen LogP contribution is -2.13. The van der Waals surface area contributed by atoms with E-state index in [0.29, 0.717) is 10.6 Å². The number of aromatic nitrogens is 1. The summed E-state index contributed by atoms with van der Waals surface area (Å²) in [7, 11) is 0. The Labute approximate surface area is 122 Å². The lowest BCUT2D eigenvalue weighted by Gasteiger charge is -2.06. The number of nitro benzene ring substituents is 1. The zero-order valence-corrected chi connectivity index (χ0v) is 11.5. The van der Waals surface area contributed by atoms with E-state index in [1.54, 1.807) is 6.92 Å². The topological polar surface area (TPSA) is 122 Å². The highest BCUT2D eigenvalue weighted by molar-refractivity contribution is 7.12. The summed E-state index contributed by atoms with van der Waals surface area (Å²) in [6, 6.07) is 3.28. The van der Waals surface area contributed by atoms with E-state index in [0.717, 1.165) is 17.4 Å². The lowest BCUT2D eigenvalue weighted by molar-refractivity contribution is -0.383. The molecule has 0 radical (unpaired) electrons. The van der Waals surface area contributed by atoms with Crippen molar-refractivity contribution >= 4 is 34.6 Å². The molecule has 1 aromatic carbocycles. The Morgan fingerprint density at radius 3 is 2.67 bits per heavy atom. The third kappa shape index (κ3) is 3.03. The average Bonchev–Trinajstić information content (AvgIpc) is 2.85. The van der Waals surface area contributed by atoms with Gasteiger partial charge in [-0.1, -0.05) is 0 Å². The Morgan fingerprint density at radius 2 is 2.14 bits per heavy atom. The Morgan fingerprint density at radius 1 is 1.43 bits per heavy atom. The number of hydrogen-bond donors (Lipinski definition) is 2. The van der Waals surface area contributed by atoms with Crippen LogP contribution in [0.1, 0.15) is 25.7 Å². The number of carbonyl (C=O) groups is 2. The van der Waals surface area contributed by atoms with Crippen molar-refractivity contribution in [2.24, 2.45) is 0 Å². The molecule has 2 N–H and O–H groups in total. The largest absolute Gasteiger partial charge is 0.478 e. The molecule has 108 valence electrons. The van der Waals surface area contributed by atoms with Gasteiger partial charge in [-0.2, -0.15) is 0 Å². The number of aryl methyl sites for hydroxylation is 1. The van der Waals surface area contributed by atoms with Crippen LogP contribution in [0, 0.1) is 17.0 Å². The number of nitrogens with one attached hydrogen (secondary N) is 1. The summed E-state index contributed by atoms with van der Waals surface area (Å²) < 4.78 is 0. The molecule has 0 fully saturated rings. The number of rotatable bonds is 4. The zero-order valence-electron chi connectivity index (χ0n) is 10.7. The predicted octanol–water partition coefficient (Wildman–Crippen LogP) is 2.31. The van der Waals surface area contributed by atoms with Crippen LogP contribution in [0.25, 0.3) is 0 Å². The van der Waals surface area contributed by atoms with Gasteiger partial charge in [-0.05, 0) is 19.1 Å². The lowest BCUT2D eigenvalue weighted by atomic mass is 10.1. The van der Waals surface area contributed by atoms with Gasteiger partial charge in [0, 0.05) is 6.07 Å². The van der Waals surface area contributed by atoms with E-state index in [-0.39, 0.29) is 11.3 Å². The van der Waals surface area contributed by atoms with Crippen LogP contribution < -0.4 is 5.32 Å². The minimum Gasteiger partial charge on any atom is -0.478 e. The van der Waals surface area contributed by atoms with Gasteiger partial charge in [0.1, 0.15) is 10.6 Å². The van der Waals surface area contributed by atoms with Crippen molar-refractivity contribution in [1.82, 2.24) is 4.98 Å². The van der Waals surface area contributed by atoms with Crippen molar-refractivity contribution in [1.29, 1.82) is 0 Å². The quantitative estimate of drug-likeness (QED) is 0.660. The highest BCUT2D eigenvalue weighted by atomic mass is 32.1. The maximum Gasteiger partial charge on any atom is 0.335 e. The number of aromatic carboxylic acids is 1. The van der Waals surface area contributed by atoms with Crippen molar-refractivity contribution in [3.05, 3.63) is 50.0 Å². The van der Waals surface area contributed by atoms with Crippen LogP contribution in [0.2, 0.25) is 0 Å². The molecule has 2 rings (SSSR count). The summed E-state index contributed by atoms with van der Waals surface area (Å²) in [4.78, 5) is 37.3. The SMILES string of the molecule is Cc1ncsc1C(=O)Nc1ccc(C(=O)O)cc1[N+](=O)[O-].